The van der Waals surface area contributed by atoms with Gasteiger partial charge in [-0.1, -0.05) is 41.9 Å². The number of anilines is 1. The Labute approximate surface area is 179 Å². The molecule has 1 amide bonds. The van der Waals surface area contributed by atoms with Crippen molar-refractivity contribution in [3.8, 4) is 0 Å². The molecule has 3 heterocycles. The number of allylic oxidation sites excluding steroid dienone is 1. The standard InChI is InChI=1S/C24H22ClN3O2/c25-18-7-8-21-20(13-18)26-23(30-21)28-12-10-24(15-28)9-11-27(22(24)29)14-17-6-5-16-3-1-2-4-19(16)17/h1-4,6-8,13H,5,9-12,14-15H2. The van der Waals surface area contributed by atoms with Crippen molar-refractivity contribution in [3.63, 3.8) is 0 Å². The Morgan fingerprint density at radius 2 is 2.00 bits per heavy atom. The van der Waals surface area contributed by atoms with Gasteiger partial charge in [-0.25, -0.2) is 0 Å². The summed E-state index contributed by atoms with van der Waals surface area (Å²) < 4.78 is 5.94. The molecule has 1 atom stereocenters. The van der Waals surface area contributed by atoms with Gasteiger partial charge in [-0.15, -0.1) is 0 Å². The van der Waals surface area contributed by atoms with Crippen LogP contribution in [-0.4, -0.2) is 42.0 Å². The molecule has 2 fully saturated rings. The van der Waals surface area contributed by atoms with E-state index in [1.165, 1.54) is 16.7 Å². The lowest BCUT2D eigenvalue weighted by Gasteiger charge is -2.23. The molecule has 30 heavy (non-hydrogen) atoms. The molecule has 0 N–H and O–H groups in total. The molecular weight excluding hydrogens is 398 g/mol. The molecule has 6 heteroatoms. The van der Waals surface area contributed by atoms with E-state index in [0.29, 0.717) is 24.1 Å². The number of hydrogen-bond acceptors (Lipinski definition) is 4. The number of likely N-dealkylation sites (tertiary alicyclic amines) is 1. The number of benzene rings is 2. The molecule has 2 aromatic carbocycles. The van der Waals surface area contributed by atoms with Crippen LogP contribution in [0.4, 0.5) is 6.01 Å². The maximum Gasteiger partial charge on any atom is 0.298 e. The molecule has 152 valence electrons. The monoisotopic (exact) mass is 419 g/mol. The second kappa shape index (κ2) is 6.61. The van der Waals surface area contributed by atoms with Crippen LogP contribution in [0.25, 0.3) is 16.7 Å². The van der Waals surface area contributed by atoms with E-state index in [1.807, 2.05) is 17.0 Å². The van der Waals surface area contributed by atoms with Crippen molar-refractivity contribution in [3.05, 3.63) is 64.7 Å². The Kier molecular flexibility index (Phi) is 3.97. The van der Waals surface area contributed by atoms with Crippen molar-refractivity contribution in [2.24, 2.45) is 5.41 Å². The fourth-order valence-corrected chi connectivity index (χ4v) is 5.36. The summed E-state index contributed by atoms with van der Waals surface area (Å²) in [6.45, 7) is 2.97. The van der Waals surface area contributed by atoms with Gasteiger partial charge in [-0.2, -0.15) is 4.98 Å². The van der Waals surface area contributed by atoms with E-state index in [1.54, 1.807) is 6.07 Å². The summed E-state index contributed by atoms with van der Waals surface area (Å²) >= 11 is 6.07. The van der Waals surface area contributed by atoms with Crippen molar-refractivity contribution in [1.82, 2.24) is 9.88 Å². The number of carbonyl (C=O) groups is 1. The molecule has 1 spiro atoms. The highest BCUT2D eigenvalue weighted by atomic mass is 35.5. The molecule has 3 aliphatic rings. The van der Waals surface area contributed by atoms with Gasteiger partial charge in [0.25, 0.3) is 6.01 Å². The molecule has 5 nitrogen and oxygen atoms in total. The van der Waals surface area contributed by atoms with Gasteiger partial charge in [0, 0.05) is 31.2 Å². The van der Waals surface area contributed by atoms with Crippen molar-refractivity contribution in [1.29, 1.82) is 0 Å². The number of aromatic nitrogens is 1. The van der Waals surface area contributed by atoms with Crippen LogP contribution < -0.4 is 4.90 Å². The lowest BCUT2D eigenvalue weighted by molar-refractivity contribution is -0.134. The number of rotatable bonds is 3. The van der Waals surface area contributed by atoms with Gasteiger partial charge in [0.05, 0.1) is 5.41 Å². The smallest absolute Gasteiger partial charge is 0.298 e. The Morgan fingerprint density at radius 1 is 1.13 bits per heavy atom. The number of fused-ring (bicyclic) bond motifs is 2. The molecule has 0 bridgehead atoms. The molecule has 2 aliphatic heterocycles. The Balaban J connectivity index is 1.19. The van der Waals surface area contributed by atoms with Gasteiger partial charge in [0.15, 0.2) is 5.58 Å². The maximum atomic E-state index is 13.4. The zero-order chi connectivity index (χ0) is 20.3. The number of oxazole rings is 1. The highest BCUT2D eigenvalue weighted by Crippen LogP contribution is 2.43. The van der Waals surface area contributed by atoms with E-state index in [4.69, 9.17) is 16.0 Å². The predicted molar refractivity (Wildman–Crippen MR) is 118 cm³/mol. The predicted octanol–water partition coefficient (Wildman–Crippen LogP) is 4.55. The number of nitrogens with zero attached hydrogens (tertiary/aromatic N) is 3. The topological polar surface area (TPSA) is 49.6 Å². The molecule has 3 aromatic rings. The van der Waals surface area contributed by atoms with E-state index in [-0.39, 0.29) is 11.3 Å². The van der Waals surface area contributed by atoms with E-state index in [2.05, 4.69) is 40.2 Å². The van der Waals surface area contributed by atoms with Crippen LogP contribution >= 0.6 is 11.6 Å². The zero-order valence-corrected chi connectivity index (χ0v) is 17.4. The molecule has 1 aliphatic carbocycles. The third-order valence-corrected chi connectivity index (χ3v) is 7.09. The summed E-state index contributed by atoms with van der Waals surface area (Å²) in [4.78, 5) is 22.2. The zero-order valence-electron chi connectivity index (χ0n) is 16.6. The lowest BCUT2D eigenvalue weighted by Crippen LogP contribution is -2.37. The van der Waals surface area contributed by atoms with Crippen molar-refractivity contribution >= 4 is 40.2 Å². The minimum atomic E-state index is -0.322. The van der Waals surface area contributed by atoms with Crippen LogP contribution in [0.1, 0.15) is 24.0 Å². The average Bonchev–Trinajstić information content (AvgIpc) is 3.51. The van der Waals surface area contributed by atoms with Gasteiger partial charge >= 0.3 is 0 Å². The minimum Gasteiger partial charge on any atom is -0.423 e. The number of amides is 1. The van der Waals surface area contributed by atoms with Gasteiger partial charge in [-0.05, 0) is 54.2 Å². The normalized spacial score (nSPS) is 23.1. The summed E-state index contributed by atoms with van der Waals surface area (Å²) in [5, 5.41) is 0.643. The van der Waals surface area contributed by atoms with Crippen LogP contribution in [0, 0.1) is 5.41 Å². The number of halogens is 1. The summed E-state index contributed by atoms with van der Waals surface area (Å²) in [6, 6.07) is 14.5. The quantitative estimate of drug-likeness (QED) is 0.625. The molecule has 1 aromatic heterocycles. The third kappa shape index (κ3) is 2.76. The first kappa shape index (κ1) is 18.0. The SMILES string of the molecule is O=C1N(CC2=CCc3ccccc32)CCC12CCN(c1nc3cc(Cl)ccc3o1)C2. The van der Waals surface area contributed by atoms with Crippen LogP contribution in [0.15, 0.2) is 53.0 Å². The minimum absolute atomic E-state index is 0.273. The van der Waals surface area contributed by atoms with Crippen LogP contribution in [0.2, 0.25) is 5.02 Å². The fraction of sp³-hybridized carbons (Fsp3) is 0.333. The van der Waals surface area contributed by atoms with Gasteiger partial charge in [0.2, 0.25) is 5.91 Å². The van der Waals surface area contributed by atoms with Crippen molar-refractivity contribution < 1.29 is 9.21 Å². The van der Waals surface area contributed by atoms with Crippen LogP contribution in [0.3, 0.4) is 0 Å². The van der Waals surface area contributed by atoms with Gasteiger partial charge in [0.1, 0.15) is 5.52 Å². The van der Waals surface area contributed by atoms with Crippen molar-refractivity contribution in [2.75, 3.05) is 31.1 Å². The van der Waals surface area contributed by atoms with Crippen molar-refractivity contribution in [2.45, 2.75) is 19.3 Å². The van der Waals surface area contributed by atoms with Gasteiger partial charge < -0.3 is 14.2 Å². The second-order valence-electron chi connectivity index (χ2n) is 8.63. The van der Waals surface area contributed by atoms with E-state index >= 15 is 0 Å². The number of carbonyl (C=O) groups excluding carboxylic acids is 1. The summed E-state index contributed by atoms with van der Waals surface area (Å²) in [5.74, 6) is 0.273. The summed E-state index contributed by atoms with van der Waals surface area (Å²) in [6.07, 6.45) is 4.97. The van der Waals surface area contributed by atoms with E-state index in [9.17, 15) is 4.79 Å². The molecule has 0 radical (unpaired) electrons. The maximum absolute atomic E-state index is 13.4. The Morgan fingerprint density at radius 3 is 2.93 bits per heavy atom. The molecule has 1 unspecified atom stereocenters. The first-order valence-electron chi connectivity index (χ1n) is 10.5. The third-order valence-electron chi connectivity index (χ3n) is 6.86. The molecule has 2 saturated heterocycles. The van der Waals surface area contributed by atoms with Crippen LogP contribution in [-0.2, 0) is 11.2 Å². The van der Waals surface area contributed by atoms with Gasteiger partial charge in [-0.3, -0.25) is 4.79 Å². The van der Waals surface area contributed by atoms with E-state index in [0.717, 1.165) is 43.5 Å². The highest BCUT2D eigenvalue weighted by Gasteiger charge is 2.51. The number of hydrogen-bond donors (Lipinski definition) is 0. The van der Waals surface area contributed by atoms with E-state index < -0.39 is 0 Å². The highest BCUT2D eigenvalue weighted by molar-refractivity contribution is 6.31. The average molecular weight is 420 g/mol. The largest absolute Gasteiger partial charge is 0.423 e. The molecule has 6 rings (SSSR count). The lowest BCUT2D eigenvalue weighted by atomic mass is 9.85. The van der Waals surface area contributed by atoms with Crippen LogP contribution in [0.5, 0.6) is 0 Å². The Bertz CT molecular complexity index is 1200. The molecule has 0 saturated carbocycles. The second-order valence-corrected chi connectivity index (χ2v) is 9.06. The molecular formula is C24H22ClN3O2. The summed E-state index contributed by atoms with van der Waals surface area (Å²) in [5.41, 5.74) is 5.09. The first-order chi connectivity index (χ1) is 14.6. The first-order valence-corrected chi connectivity index (χ1v) is 10.9. The fourth-order valence-electron chi connectivity index (χ4n) is 5.19. The summed E-state index contributed by atoms with van der Waals surface area (Å²) in [7, 11) is 0. The Hall–Kier alpha value is -2.79.